The highest BCUT2D eigenvalue weighted by atomic mass is 35.5. The largest absolute Gasteiger partial charge is 0.378 e. The molecule has 2 rings (SSSR count). The Balaban J connectivity index is 2.04. The van der Waals surface area contributed by atoms with E-state index in [0.29, 0.717) is 17.9 Å². The fourth-order valence-electron chi connectivity index (χ4n) is 1.84. The zero-order valence-electron chi connectivity index (χ0n) is 9.90. The summed E-state index contributed by atoms with van der Waals surface area (Å²) in [4.78, 5) is 12.2. The Kier molecular flexibility index (Phi) is 3.96. The SMILES string of the molecule is CNc1nc(Cl)nc(NC2CCOC(C)C2)n1. The zero-order valence-corrected chi connectivity index (χ0v) is 10.7. The Morgan fingerprint density at radius 1 is 1.29 bits per heavy atom. The summed E-state index contributed by atoms with van der Waals surface area (Å²) in [6, 6.07) is 0.321. The summed E-state index contributed by atoms with van der Waals surface area (Å²) in [5.74, 6) is 0.973. The van der Waals surface area contributed by atoms with Crippen LogP contribution in [0.5, 0.6) is 0 Å². The Bertz CT molecular complexity index is 389. The maximum Gasteiger partial charge on any atom is 0.229 e. The average molecular weight is 258 g/mol. The van der Waals surface area contributed by atoms with Crippen LogP contribution in [0.15, 0.2) is 0 Å². The first-order valence-electron chi connectivity index (χ1n) is 5.65. The topological polar surface area (TPSA) is 72.0 Å². The van der Waals surface area contributed by atoms with Crippen LogP contribution in [0.3, 0.4) is 0 Å². The van der Waals surface area contributed by atoms with Gasteiger partial charge in [0.1, 0.15) is 0 Å². The first-order chi connectivity index (χ1) is 8.17. The van der Waals surface area contributed by atoms with Gasteiger partial charge in [-0.3, -0.25) is 0 Å². The molecular weight excluding hydrogens is 242 g/mol. The van der Waals surface area contributed by atoms with Gasteiger partial charge in [0.15, 0.2) is 0 Å². The third kappa shape index (κ3) is 3.41. The lowest BCUT2D eigenvalue weighted by molar-refractivity contribution is 0.0231. The highest BCUT2D eigenvalue weighted by Crippen LogP contribution is 2.17. The van der Waals surface area contributed by atoms with E-state index < -0.39 is 0 Å². The van der Waals surface area contributed by atoms with Gasteiger partial charge in [0.2, 0.25) is 17.2 Å². The number of rotatable bonds is 3. The molecule has 94 valence electrons. The van der Waals surface area contributed by atoms with Crippen molar-refractivity contribution < 1.29 is 4.74 Å². The smallest absolute Gasteiger partial charge is 0.229 e. The summed E-state index contributed by atoms with van der Waals surface area (Å²) in [6.07, 6.45) is 2.16. The molecule has 0 amide bonds. The van der Waals surface area contributed by atoms with Crippen molar-refractivity contribution in [1.29, 1.82) is 0 Å². The molecule has 1 aromatic rings. The molecule has 6 nitrogen and oxygen atoms in total. The highest BCUT2D eigenvalue weighted by molar-refractivity contribution is 6.28. The summed E-state index contributed by atoms with van der Waals surface area (Å²) in [5, 5.41) is 6.29. The van der Waals surface area contributed by atoms with Crippen LogP contribution in [0.4, 0.5) is 11.9 Å². The fraction of sp³-hybridized carbons (Fsp3) is 0.700. The zero-order chi connectivity index (χ0) is 12.3. The second-order valence-electron chi connectivity index (χ2n) is 4.05. The van der Waals surface area contributed by atoms with Crippen LogP contribution in [0, 0.1) is 0 Å². The van der Waals surface area contributed by atoms with Crippen LogP contribution in [0.2, 0.25) is 5.28 Å². The first-order valence-corrected chi connectivity index (χ1v) is 6.02. The predicted octanol–water partition coefficient (Wildman–Crippen LogP) is 1.55. The van der Waals surface area contributed by atoms with Crippen LogP contribution in [-0.2, 0) is 4.74 Å². The molecule has 1 aliphatic rings. The number of nitrogens with zero attached hydrogens (tertiary/aromatic N) is 3. The van der Waals surface area contributed by atoms with Crippen molar-refractivity contribution in [1.82, 2.24) is 15.0 Å². The molecule has 7 heteroatoms. The molecule has 1 aromatic heterocycles. The minimum atomic E-state index is 0.187. The van der Waals surface area contributed by atoms with Gasteiger partial charge in [0, 0.05) is 19.7 Å². The first kappa shape index (κ1) is 12.3. The van der Waals surface area contributed by atoms with Gasteiger partial charge in [0.25, 0.3) is 0 Å². The van der Waals surface area contributed by atoms with Gasteiger partial charge >= 0.3 is 0 Å². The van der Waals surface area contributed by atoms with Crippen LogP contribution in [0.25, 0.3) is 0 Å². The van der Waals surface area contributed by atoms with E-state index in [1.54, 1.807) is 7.05 Å². The predicted molar refractivity (Wildman–Crippen MR) is 66.4 cm³/mol. The lowest BCUT2D eigenvalue weighted by Crippen LogP contribution is -2.33. The Labute approximate surface area is 105 Å². The van der Waals surface area contributed by atoms with Crippen molar-refractivity contribution in [2.75, 3.05) is 24.3 Å². The second kappa shape index (κ2) is 5.46. The molecular formula is C10H16ClN5O. The van der Waals surface area contributed by atoms with Gasteiger partial charge < -0.3 is 15.4 Å². The molecule has 2 atom stereocenters. The summed E-state index contributed by atoms with van der Waals surface area (Å²) in [7, 11) is 1.74. The standard InChI is InChI=1S/C10H16ClN5O/c1-6-5-7(3-4-17-6)13-10-15-8(11)14-9(12-2)16-10/h6-7H,3-5H2,1-2H3,(H2,12,13,14,15,16). The number of hydrogen-bond acceptors (Lipinski definition) is 6. The Hall–Kier alpha value is -1.14. The van der Waals surface area contributed by atoms with Crippen molar-refractivity contribution in [2.24, 2.45) is 0 Å². The molecule has 0 aromatic carbocycles. The van der Waals surface area contributed by atoms with Gasteiger partial charge in [-0.25, -0.2) is 0 Å². The van der Waals surface area contributed by atoms with Gasteiger partial charge in [0.05, 0.1) is 6.10 Å². The molecule has 0 radical (unpaired) electrons. The number of hydrogen-bond donors (Lipinski definition) is 2. The van der Waals surface area contributed by atoms with Crippen molar-refractivity contribution in [2.45, 2.75) is 31.9 Å². The van der Waals surface area contributed by atoms with E-state index in [9.17, 15) is 0 Å². The summed E-state index contributed by atoms with van der Waals surface area (Å²) in [6.45, 7) is 2.82. The van der Waals surface area contributed by atoms with Crippen LogP contribution < -0.4 is 10.6 Å². The summed E-state index contributed by atoms with van der Waals surface area (Å²) >= 11 is 5.81. The lowest BCUT2D eigenvalue weighted by Gasteiger charge is -2.27. The van der Waals surface area contributed by atoms with Crippen LogP contribution in [0.1, 0.15) is 19.8 Å². The molecule has 2 N–H and O–H groups in total. The van der Waals surface area contributed by atoms with E-state index in [1.165, 1.54) is 0 Å². The van der Waals surface area contributed by atoms with E-state index in [0.717, 1.165) is 19.4 Å². The number of ether oxygens (including phenoxy) is 1. The van der Waals surface area contributed by atoms with E-state index >= 15 is 0 Å². The molecule has 0 bridgehead atoms. The minimum Gasteiger partial charge on any atom is -0.378 e. The number of halogens is 1. The van der Waals surface area contributed by atoms with Gasteiger partial charge in [-0.2, -0.15) is 15.0 Å². The molecule has 0 saturated carbocycles. The summed E-state index contributed by atoms with van der Waals surface area (Å²) < 4.78 is 5.48. The number of aromatic nitrogens is 3. The summed E-state index contributed by atoms with van der Waals surface area (Å²) in [5.41, 5.74) is 0. The van der Waals surface area contributed by atoms with Gasteiger partial charge in [-0.1, -0.05) is 0 Å². The van der Waals surface area contributed by atoms with Crippen molar-refractivity contribution in [3.8, 4) is 0 Å². The van der Waals surface area contributed by atoms with Crippen molar-refractivity contribution in [3.05, 3.63) is 5.28 Å². The molecule has 1 fully saturated rings. The number of nitrogens with one attached hydrogen (secondary N) is 2. The monoisotopic (exact) mass is 257 g/mol. The molecule has 1 saturated heterocycles. The Morgan fingerprint density at radius 3 is 2.76 bits per heavy atom. The minimum absolute atomic E-state index is 0.187. The normalized spacial score (nSPS) is 24.4. The van der Waals surface area contributed by atoms with Gasteiger partial charge in [-0.05, 0) is 31.4 Å². The molecule has 1 aliphatic heterocycles. The van der Waals surface area contributed by atoms with Gasteiger partial charge in [-0.15, -0.1) is 0 Å². The maximum absolute atomic E-state index is 5.81. The number of anilines is 2. The molecule has 17 heavy (non-hydrogen) atoms. The van der Waals surface area contributed by atoms with E-state index in [2.05, 4.69) is 32.5 Å². The fourth-order valence-corrected chi connectivity index (χ4v) is 2.00. The molecule has 0 aliphatic carbocycles. The molecule has 2 unspecified atom stereocenters. The second-order valence-corrected chi connectivity index (χ2v) is 4.39. The highest BCUT2D eigenvalue weighted by Gasteiger charge is 2.20. The maximum atomic E-state index is 5.81. The van der Waals surface area contributed by atoms with Crippen molar-refractivity contribution in [3.63, 3.8) is 0 Å². The lowest BCUT2D eigenvalue weighted by atomic mass is 10.0. The molecule has 0 spiro atoms. The Morgan fingerprint density at radius 2 is 2.06 bits per heavy atom. The van der Waals surface area contributed by atoms with E-state index in [-0.39, 0.29) is 11.4 Å². The third-order valence-corrected chi connectivity index (χ3v) is 2.82. The van der Waals surface area contributed by atoms with E-state index in [4.69, 9.17) is 16.3 Å². The van der Waals surface area contributed by atoms with Crippen molar-refractivity contribution >= 4 is 23.5 Å². The van der Waals surface area contributed by atoms with Crippen LogP contribution >= 0.6 is 11.6 Å². The van der Waals surface area contributed by atoms with Crippen LogP contribution in [-0.4, -0.2) is 40.8 Å². The van der Waals surface area contributed by atoms with E-state index in [1.807, 2.05) is 0 Å². The quantitative estimate of drug-likeness (QED) is 0.856. The average Bonchev–Trinajstić information content (AvgIpc) is 2.28. The third-order valence-electron chi connectivity index (χ3n) is 2.65. The molecule has 2 heterocycles.